The molecular weight excluding hydrogens is 360 g/mol. The van der Waals surface area contributed by atoms with E-state index in [-0.39, 0.29) is 16.0 Å². The van der Waals surface area contributed by atoms with Gasteiger partial charge in [0.25, 0.3) is 5.69 Å². The fourth-order valence-electron chi connectivity index (χ4n) is 2.77. The van der Waals surface area contributed by atoms with E-state index in [0.29, 0.717) is 12.0 Å². The summed E-state index contributed by atoms with van der Waals surface area (Å²) in [5.74, 6) is 0. The maximum Gasteiger partial charge on any atom is 0.272 e. The average Bonchev–Trinajstić information content (AvgIpc) is 3.05. The number of nitro groups is 1. The first-order valence-corrected chi connectivity index (χ1v) is 9.55. The third kappa shape index (κ3) is 4.19. The summed E-state index contributed by atoms with van der Waals surface area (Å²) in [6.07, 6.45) is 4.21. The zero-order valence-corrected chi connectivity index (χ0v) is 16.9. The van der Waals surface area contributed by atoms with Gasteiger partial charge in [0.15, 0.2) is 0 Å². The Hall–Kier alpha value is -2.67. The minimum atomic E-state index is -0.340. The summed E-state index contributed by atoms with van der Waals surface area (Å²) in [6.45, 7) is 9.97. The van der Waals surface area contributed by atoms with Crippen LogP contribution in [-0.4, -0.2) is 19.9 Å². The minimum absolute atomic E-state index is 0.0376. The van der Waals surface area contributed by atoms with Crippen LogP contribution >= 0.6 is 11.3 Å². The molecule has 2 heterocycles. The Morgan fingerprint density at radius 2 is 1.81 bits per heavy atom. The van der Waals surface area contributed by atoms with Gasteiger partial charge >= 0.3 is 0 Å². The van der Waals surface area contributed by atoms with E-state index in [1.54, 1.807) is 36.7 Å². The second-order valence-electron chi connectivity index (χ2n) is 7.66. The van der Waals surface area contributed by atoms with Gasteiger partial charge in [-0.1, -0.05) is 20.8 Å². The molecule has 0 saturated heterocycles. The van der Waals surface area contributed by atoms with Crippen molar-refractivity contribution in [2.24, 2.45) is 0 Å². The number of hydrogen-bond acceptors (Lipinski definition) is 6. The number of aromatic nitrogens is 3. The first-order valence-electron chi connectivity index (χ1n) is 8.67. The second-order valence-corrected chi connectivity index (χ2v) is 8.61. The van der Waals surface area contributed by atoms with E-state index < -0.39 is 0 Å². The summed E-state index contributed by atoms with van der Waals surface area (Å²) < 4.78 is 0. The molecule has 140 valence electrons. The standard InChI is InChI=1S/C20H22N4O2S/c1-12-7-17(24(25)26)13(2)6-14(12)8-19-23-16(11-27-19)15-9-22-18(10-21-15)20(3,4)5/h6-7,9-11H,8H2,1-5H3. The Bertz CT molecular complexity index is 988. The Morgan fingerprint density at radius 3 is 2.41 bits per heavy atom. The van der Waals surface area contributed by atoms with E-state index in [4.69, 9.17) is 0 Å². The predicted octanol–water partition coefficient (Wildman–Crippen LogP) is 5.01. The van der Waals surface area contributed by atoms with Crippen molar-refractivity contribution in [2.45, 2.75) is 46.5 Å². The number of nitro benzene ring substituents is 1. The van der Waals surface area contributed by atoms with Crippen LogP contribution < -0.4 is 0 Å². The van der Waals surface area contributed by atoms with Gasteiger partial charge in [-0.15, -0.1) is 11.3 Å². The van der Waals surface area contributed by atoms with Gasteiger partial charge in [0, 0.05) is 35.0 Å². The van der Waals surface area contributed by atoms with E-state index in [9.17, 15) is 10.1 Å². The maximum atomic E-state index is 11.1. The molecule has 27 heavy (non-hydrogen) atoms. The Morgan fingerprint density at radius 1 is 1.07 bits per heavy atom. The van der Waals surface area contributed by atoms with Gasteiger partial charge in [0.1, 0.15) is 11.4 Å². The van der Waals surface area contributed by atoms with Crippen LogP contribution in [0.3, 0.4) is 0 Å². The van der Waals surface area contributed by atoms with Gasteiger partial charge in [0.05, 0.1) is 21.8 Å². The fraction of sp³-hybridized carbons (Fsp3) is 0.350. The van der Waals surface area contributed by atoms with Gasteiger partial charge in [-0.05, 0) is 31.0 Å². The minimum Gasteiger partial charge on any atom is -0.258 e. The molecule has 0 spiro atoms. The molecule has 0 aliphatic heterocycles. The number of rotatable bonds is 4. The molecule has 0 unspecified atom stereocenters. The molecule has 1 aromatic carbocycles. The number of benzene rings is 1. The lowest BCUT2D eigenvalue weighted by Crippen LogP contribution is -2.13. The number of thiazole rings is 1. The first kappa shape index (κ1) is 19.1. The largest absolute Gasteiger partial charge is 0.272 e. The monoisotopic (exact) mass is 382 g/mol. The van der Waals surface area contributed by atoms with E-state index in [0.717, 1.165) is 33.2 Å². The highest BCUT2D eigenvalue weighted by Crippen LogP contribution is 2.27. The summed E-state index contributed by atoms with van der Waals surface area (Å²) >= 11 is 1.56. The molecule has 0 aliphatic carbocycles. The molecular formula is C20H22N4O2S. The molecule has 3 aromatic rings. The molecule has 0 saturated carbocycles. The van der Waals surface area contributed by atoms with Gasteiger partial charge in [-0.25, -0.2) is 4.98 Å². The lowest BCUT2D eigenvalue weighted by molar-refractivity contribution is -0.385. The van der Waals surface area contributed by atoms with Crippen LogP contribution in [0, 0.1) is 24.0 Å². The predicted molar refractivity (Wildman–Crippen MR) is 107 cm³/mol. The summed E-state index contributed by atoms with van der Waals surface area (Å²) in [5.41, 5.74) is 5.24. The van der Waals surface area contributed by atoms with Crippen LogP contribution in [0.4, 0.5) is 5.69 Å². The molecule has 0 amide bonds. The zero-order valence-electron chi connectivity index (χ0n) is 16.1. The highest BCUT2D eigenvalue weighted by Gasteiger charge is 2.17. The smallest absolute Gasteiger partial charge is 0.258 e. The molecule has 6 nitrogen and oxygen atoms in total. The van der Waals surface area contributed by atoms with Crippen LogP contribution in [0.5, 0.6) is 0 Å². The van der Waals surface area contributed by atoms with E-state index >= 15 is 0 Å². The Balaban J connectivity index is 1.83. The number of hydrogen-bond donors (Lipinski definition) is 0. The van der Waals surface area contributed by atoms with Crippen LogP contribution in [0.1, 0.15) is 48.2 Å². The van der Waals surface area contributed by atoms with Crippen LogP contribution in [-0.2, 0) is 11.8 Å². The molecule has 0 fully saturated rings. The summed E-state index contributed by atoms with van der Waals surface area (Å²) in [4.78, 5) is 24.4. The molecule has 0 N–H and O–H groups in total. The molecule has 0 atom stereocenters. The van der Waals surface area contributed by atoms with Crippen molar-refractivity contribution < 1.29 is 4.92 Å². The summed E-state index contributed by atoms with van der Waals surface area (Å²) in [6, 6.07) is 3.52. The van der Waals surface area contributed by atoms with Gasteiger partial charge in [0.2, 0.25) is 0 Å². The Labute approximate surface area is 162 Å². The van der Waals surface area contributed by atoms with E-state index in [1.165, 1.54) is 0 Å². The van der Waals surface area contributed by atoms with Crippen molar-refractivity contribution in [1.29, 1.82) is 0 Å². The highest BCUT2D eigenvalue weighted by molar-refractivity contribution is 7.10. The third-order valence-corrected chi connectivity index (χ3v) is 5.28. The SMILES string of the molecule is Cc1cc([N+](=O)[O-])c(C)cc1Cc1nc(-c2cnc(C(C)(C)C)cn2)cs1. The second kappa shape index (κ2) is 7.15. The van der Waals surface area contributed by atoms with Gasteiger partial charge in [-0.3, -0.25) is 20.1 Å². The van der Waals surface area contributed by atoms with Gasteiger partial charge in [-0.2, -0.15) is 0 Å². The normalized spacial score (nSPS) is 11.6. The van der Waals surface area contributed by atoms with Crippen LogP contribution in [0.2, 0.25) is 0 Å². The fourth-order valence-corrected chi connectivity index (χ4v) is 3.58. The molecule has 7 heteroatoms. The summed E-state index contributed by atoms with van der Waals surface area (Å²) in [7, 11) is 0. The van der Waals surface area contributed by atoms with Crippen LogP contribution in [0.15, 0.2) is 29.9 Å². The lowest BCUT2D eigenvalue weighted by atomic mass is 9.93. The van der Waals surface area contributed by atoms with Crippen molar-refractivity contribution in [3.05, 3.63) is 67.4 Å². The number of aryl methyl sites for hydroxylation is 2. The maximum absolute atomic E-state index is 11.1. The zero-order chi connectivity index (χ0) is 19.8. The first-order chi connectivity index (χ1) is 12.6. The van der Waals surface area contributed by atoms with Crippen molar-refractivity contribution in [3.63, 3.8) is 0 Å². The molecule has 2 aromatic heterocycles. The quantitative estimate of drug-likeness (QED) is 0.468. The molecule has 0 bridgehead atoms. The molecule has 0 aliphatic rings. The average molecular weight is 382 g/mol. The van der Waals surface area contributed by atoms with Crippen molar-refractivity contribution in [2.75, 3.05) is 0 Å². The van der Waals surface area contributed by atoms with Crippen molar-refractivity contribution in [3.8, 4) is 11.4 Å². The van der Waals surface area contributed by atoms with Gasteiger partial charge < -0.3 is 0 Å². The Kier molecular flexibility index (Phi) is 5.06. The lowest BCUT2D eigenvalue weighted by Gasteiger charge is -2.16. The topological polar surface area (TPSA) is 81.8 Å². The highest BCUT2D eigenvalue weighted by atomic mass is 32.1. The molecule has 0 radical (unpaired) electrons. The van der Waals surface area contributed by atoms with E-state index in [2.05, 4.69) is 35.7 Å². The summed E-state index contributed by atoms with van der Waals surface area (Å²) in [5, 5.41) is 14.0. The molecule has 3 rings (SSSR count). The van der Waals surface area contributed by atoms with Crippen LogP contribution in [0.25, 0.3) is 11.4 Å². The van der Waals surface area contributed by atoms with Crippen molar-refractivity contribution in [1.82, 2.24) is 15.0 Å². The third-order valence-electron chi connectivity index (χ3n) is 4.43. The van der Waals surface area contributed by atoms with Crippen molar-refractivity contribution >= 4 is 17.0 Å². The van der Waals surface area contributed by atoms with E-state index in [1.807, 2.05) is 18.4 Å². The number of nitrogens with zero attached hydrogens (tertiary/aromatic N) is 4.